The Labute approximate surface area is 83.1 Å². The smallest absolute Gasteiger partial charge is 0.123 e. The van der Waals surface area contributed by atoms with Crippen LogP contribution in [0.4, 0.5) is 4.39 Å². The molecule has 1 fully saturated rings. The Kier molecular flexibility index (Phi) is 2.52. The first-order valence-corrected chi connectivity index (χ1v) is 4.79. The molecule has 2 nitrogen and oxygen atoms in total. The number of hydrogen-bond acceptors (Lipinski definition) is 2. The van der Waals surface area contributed by atoms with E-state index in [1.807, 2.05) is 0 Å². The Bertz CT molecular complexity index is 304. The lowest BCUT2D eigenvalue weighted by Crippen LogP contribution is -2.30. The minimum atomic E-state index is -0.256. The number of rotatable bonds is 2. The molecule has 1 aliphatic heterocycles. The zero-order valence-corrected chi connectivity index (χ0v) is 8.22. The van der Waals surface area contributed by atoms with Crippen molar-refractivity contribution < 1.29 is 9.13 Å². The van der Waals surface area contributed by atoms with E-state index in [0.29, 0.717) is 0 Å². The van der Waals surface area contributed by atoms with E-state index in [-0.39, 0.29) is 11.4 Å². The fourth-order valence-corrected chi connectivity index (χ4v) is 1.96. The molecule has 14 heavy (non-hydrogen) atoms. The van der Waals surface area contributed by atoms with Gasteiger partial charge in [0.15, 0.2) is 0 Å². The second kappa shape index (κ2) is 3.67. The van der Waals surface area contributed by atoms with Gasteiger partial charge in [-0.3, -0.25) is 0 Å². The molecule has 1 saturated heterocycles. The highest BCUT2D eigenvalue weighted by Gasteiger charge is 2.35. The fourth-order valence-electron chi connectivity index (χ4n) is 1.96. The van der Waals surface area contributed by atoms with Crippen LogP contribution in [0, 0.1) is 5.82 Å². The maximum Gasteiger partial charge on any atom is 0.123 e. The topological polar surface area (TPSA) is 21.3 Å². The quantitative estimate of drug-likeness (QED) is 0.775. The van der Waals surface area contributed by atoms with Crippen molar-refractivity contribution in [2.75, 3.05) is 20.2 Å². The van der Waals surface area contributed by atoms with Crippen molar-refractivity contribution in [3.8, 4) is 0 Å². The predicted octanol–water partition coefficient (Wildman–Crippen LogP) is 1.66. The van der Waals surface area contributed by atoms with Crippen LogP contribution >= 0.6 is 0 Å². The van der Waals surface area contributed by atoms with Gasteiger partial charge in [0.25, 0.3) is 0 Å². The van der Waals surface area contributed by atoms with Gasteiger partial charge in [-0.05, 0) is 30.7 Å². The van der Waals surface area contributed by atoms with E-state index in [2.05, 4.69) is 5.32 Å². The van der Waals surface area contributed by atoms with E-state index >= 15 is 0 Å². The molecule has 1 unspecified atom stereocenters. The predicted molar refractivity (Wildman–Crippen MR) is 52.6 cm³/mol. The minimum Gasteiger partial charge on any atom is -0.372 e. The lowest BCUT2D eigenvalue weighted by molar-refractivity contribution is 0.00320. The van der Waals surface area contributed by atoms with Crippen LogP contribution in [0.15, 0.2) is 24.3 Å². The van der Waals surface area contributed by atoms with Crippen molar-refractivity contribution in [2.45, 2.75) is 12.0 Å². The molecule has 1 aliphatic rings. The summed E-state index contributed by atoms with van der Waals surface area (Å²) in [6.45, 7) is 1.75. The molecule has 0 aliphatic carbocycles. The molecule has 1 N–H and O–H groups in total. The van der Waals surface area contributed by atoms with Gasteiger partial charge in [-0.15, -0.1) is 0 Å². The second-order valence-electron chi connectivity index (χ2n) is 3.63. The molecule has 0 spiro atoms. The lowest BCUT2D eigenvalue weighted by atomic mass is 9.93. The highest BCUT2D eigenvalue weighted by molar-refractivity contribution is 5.25. The van der Waals surface area contributed by atoms with E-state index in [9.17, 15) is 4.39 Å². The summed E-state index contributed by atoms with van der Waals surface area (Å²) in [6, 6.07) is 6.56. The van der Waals surface area contributed by atoms with Crippen LogP contribution in [0.1, 0.15) is 12.0 Å². The van der Waals surface area contributed by atoms with Crippen LogP contribution in [0.25, 0.3) is 0 Å². The van der Waals surface area contributed by atoms with Crippen LogP contribution in [0.5, 0.6) is 0 Å². The van der Waals surface area contributed by atoms with Gasteiger partial charge in [-0.1, -0.05) is 12.1 Å². The Morgan fingerprint density at radius 1 is 1.36 bits per heavy atom. The number of ether oxygens (including phenoxy) is 1. The SMILES string of the molecule is COC1(c2ccc(F)cc2)CCNC1. The van der Waals surface area contributed by atoms with Crippen molar-refractivity contribution in [1.82, 2.24) is 5.32 Å². The molecule has 0 radical (unpaired) electrons. The summed E-state index contributed by atoms with van der Waals surface area (Å²) in [4.78, 5) is 0. The fraction of sp³-hybridized carbons (Fsp3) is 0.455. The second-order valence-corrected chi connectivity index (χ2v) is 3.63. The van der Waals surface area contributed by atoms with E-state index in [0.717, 1.165) is 25.1 Å². The van der Waals surface area contributed by atoms with Crippen LogP contribution in [-0.2, 0) is 10.3 Å². The van der Waals surface area contributed by atoms with Crippen molar-refractivity contribution >= 4 is 0 Å². The van der Waals surface area contributed by atoms with Gasteiger partial charge in [-0.2, -0.15) is 0 Å². The average molecular weight is 195 g/mol. The summed E-state index contributed by atoms with van der Waals surface area (Å²) in [5.41, 5.74) is 0.791. The Morgan fingerprint density at radius 3 is 2.57 bits per heavy atom. The van der Waals surface area contributed by atoms with Crippen molar-refractivity contribution in [3.05, 3.63) is 35.6 Å². The maximum absolute atomic E-state index is 12.7. The Hall–Kier alpha value is -0.930. The van der Waals surface area contributed by atoms with Crippen LogP contribution in [0.3, 0.4) is 0 Å². The average Bonchev–Trinajstić information content (AvgIpc) is 2.68. The van der Waals surface area contributed by atoms with Gasteiger partial charge in [0.05, 0.1) is 0 Å². The number of nitrogens with one attached hydrogen (secondary N) is 1. The van der Waals surface area contributed by atoms with Crippen molar-refractivity contribution in [1.29, 1.82) is 0 Å². The van der Waals surface area contributed by atoms with Crippen LogP contribution in [0.2, 0.25) is 0 Å². The first-order chi connectivity index (χ1) is 6.77. The summed E-state index contributed by atoms with van der Waals surface area (Å²) in [7, 11) is 1.70. The molecule has 0 bridgehead atoms. The largest absolute Gasteiger partial charge is 0.372 e. The minimum absolute atomic E-state index is 0.203. The van der Waals surface area contributed by atoms with E-state index in [1.54, 1.807) is 19.2 Å². The van der Waals surface area contributed by atoms with Gasteiger partial charge < -0.3 is 10.1 Å². The maximum atomic E-state index is 12.7. The summed E-state index contributed by atoms with van der Waals surface area (Å²) in [5.74, 6) is -0.203. The van der Waals surface area contributed by atoms with Gasteiger partial charge in [-0.25, -0.2) is 4.39 Å². The van der Waals surface area contributed by atoms with Crippen LogP contribution in [-0.4, -0.2) is 20.2 Å². The number of halogens is 1. The number of benzene rings is 1. The summed E-state index contributed by atoms with van der Waals surface area (Å²) in [5, 5.41) is 3.26. The first kappa shape index (κ1) is 9.62. The molecule has 0 amide bonds. The van der Waals surface area contributed by atoms with E-state index < -0.39 is 0 Å². The molecule has 3 heteroatoms. The third-order valence-corrected chi connectivity index (χ3v) is 2.88. The monoisotopic (exact) mass is 195 g/mol. The highest BCUT2D eigenvalue weighted by atomic mass is 19.1. The Balaban J connectivity index is 2.31. The third-order valence-electron chi connectivity index (χ3n) is 2.88. The van der Waals surface area contributed by atoms with Gasteiger partial charge in [0.1, 0.15) is 11.4 Å². The molecule has 0 aromatic heterocycles. The molecular formula is C11H14FNO. The van der Waals surface area contributed by atoms with Crippen molar-refractivity contribution in [2.24, 2.45) is 0 Å². The molecule has 1 aromatic carbocycles. The van der Waals surface area contributed by atoms with Crippen LogP contribution < -0.4 is 5.32 Å². The molecule has 1 heterocycles. The molecule has 0 saturated carbocycles. The third kappa shape index (κ3) is 1.53. The summed E-state index contributed by atoms with van der Waals surface area (Å²) >= 11 is 0. The highest BCUT2D eigenvalue weighted by Crippen LogP contribution is 2.31. The molecular weight excluding hydrogens is 181 g/mol. The summed E-state index contributed by atoms with van der Waals surface area (Å²) in [6.07, 6.45) is 0.940. The number of methoxy groups -OCH3 is 1. The van der Waals surface area contributed by atoms with Crippen molar-refractivity contribution in [3.63, 3.8) is 0 Å². The zero-order chi connectivity index (χ0) is 10.0. The summed E-state index contributed by atoms with van der Waals surface area (Å²) < 4.78 is 18.3. The molecule has 1 atom stereocenters. The lowest BCUT2D eigenvalue weighted by Gasteiger charge is -2.27. The van der Waals surface area contributed by atoms with E-state index in [1.165, 1.54) is 12.1 Å². The molecule has 76 valence electrons. The molecule has 2 rings (SSSR count). The van der Waals surface area contributed by atoms with E-state index in [4.69, 9.17) is 4.74 Å². The van der Waals surface area contributed by atoms with Gasteiger partial charge in [0.2, 0.25) is 0 Å². The number of hydrogen-bond donors (Lipinski definition) is 1. The van der Waals surface area contributed by atoms with Gasteiger partial charge >= 0.3 is 0 Å². The normalized spacial score (nSPS) is 26.7. The standard InChI is InChI=1S/C11H14FNO/c1-14-11(6-7-13-8-11)9-2-4-10(12)5-3-9/h2-5,13H,6-8H2,1H3. The first-order valence-electron chi connectivity index (χ1n) is 4.79. The Morgan fingerprint density at radius 2 is 2.07 bits per heavy atom. The zero-order valence-electron chi connectivity index (χ0n) is 8.22. The molecule has 1 aromatic rings. The van der Waals surface area contributed by atoms with Gasteiger partial charge in [0, 0.05) is 13.7 Å².